The fourth-order valence-electron chi connectivity index (χ4n) is 0.862. The normalized spacial score (nSPS) is 11.2. The van der Waals surface area contributed by atoms with Gasteiger partial charge in [-0.1, -0.05) is 6.07 Å². The molecule has 1 aromatic heterocycles. The first-order valence-corrected chi connectivity index (χ1v) is 3.67. The third-order valence-electron chi connectivity index (χ3n) is 1.51. The quantitative estimate of drug-likeness (QED) is 0.489. The second-order valence-corrected chi connectivity index (χ2v) is 2.33. The van der Waals surface area contributed by atoms with Gasteiger partial charge in [-0.3, -0.25) is 14.8 Å². The molecule has 0 spiro atoms. The lowest BCUT2D eigenvalue weighted by Gasteiger charge is -1.96. The largest absolute Gasteiger partial charge is 0.297 e. The number of carbonyl (C=O) groups is 1. The molecule has 12 heavy (non-hydrogen) atoms. The predicted octanol–water partition coefficient (Wildman–Crippen LogP) is 0.894. The zero-order valence-electron chi connectivity index (χ0n) is 6.90. The Balaban J connectivity index is 2.70. The minimum absolute atomic E-state index is 0.515. The van der Waals surface area contributed by atoms with E-state index in [1.54, 1.807) is 13.2 Å². The Labute approximate surface area is 71.2 Å². The third-order valence-corrected chi connectivity index (χ3v) is 1.51. The van der Waals surface area contributed by atoms with Gasteiger partial charge in [0.1, 0.15) is 0 Å². The Bertz CT molecular complexity index is 280. The molecule has 0 aliphatic carbocycles. The molecule has 1 aromatic rings. The highest BCUT2D eigenvalue weighted by atomic mass is 16.1. The standard InChI is InChI=1S/C9H10N2O/c1-10-9(7-12)6-8-4-2-3-5-11-8/h2-5,7H,6H2,1H3. The van der Waals surface area contributed by atoms with Gasteiger partial charge in [0.25, 0.3) is 0 Å². The van der Waals surface area contributed by atoms with Gasteiger partial charge in [0.05, 0.1) is 5.71 Å². The van der Waals surface area contributed by atoms with Gasteiger partial charge in [-0.25, -0.2) is 0 Å². The molecule has 0 aliphatic rings. The Morgan fingerprint density at radius 1 is 1.67 bits per heavy atom. The number of aliphatic imine (C=N–C) groups is 1. The number of hydrogen-bond donors (Lipinski definition) is 0. The van der Waals surface area contributed by atoms with Crippen molar-refractivity contribution in [3.05, 3.63) is 30.1 Å². The molecule has 0 N–H and O–H groups in total. The molecule has 1 heterocycles. The molecule has 1 rings (SSSR count). The van der Waals surface area contributed by atoms with E-state index in [0.717, 1.165) is 12.0 Å². The smallest absolute Gasteiger partial charge is 0.164 e. The summed E-state index contributed by atoms with van der Waals surface area (Å²) in [6.45, 7) is 0. The summed E-state index contributed by atoms with van der Waals surface area (Å²) in [5.41, 5.74) is 1.39. The second kappa shape index (κ2) is 4.38. The van der Waals surface area contributed by atoms with E-state index in [1.165, 1.54) is 0 Å². The SMILES string of the molecule is CN=C(C=O)Cc1ccccn1. The monoisotopic (exact) mass is 162 g/mol. The van der Waals surface area contributed by atoms with Crippen LogP contribution in [0.2, 0.25) is 0 Å². The second-order valence-electron chi connectivity index (χ2n) is 2.33. The third kappa shape index (κ3) is 2.27. The van der Waals surface area contributed by atoms with Crippen LogP contribution in [0.25, 0.3) is 0 Å². The van der Waals surface area contributed by atoms with Gasteiger partial charge in [0.15, 0.2) is 6.29 Å². The summed E-state index contributed by atoms with van der Waals surface area (Å²) in [7, 11) is 1.60. The average molecular weight is 162 g/mol. The van der Waals surface area contributed by atoms with Crippen molar-refractivity contribution < 1.29 is 4.79 Å². The zero-order chi connectivity index (χ0) is 8.81. The van der Waals surface area contributed by atoms with Crippen molar-refractivity contribution >= 4 is 12.0 Å². The number of rotatable bonds is 3. The molecule has 0 aromatic carbocycles. The van der Waals surface area contributed by atoms with Crippen LogP contribution in [0.5, 0.6) is 0 Å². The van der Waals surface area contributed by atoms with Crippen molar-refractivity contribution in [3.63, 3.8) is 0 Å². The van der Waals surface area contributed by atoms with Crippen molar-refractivity contribution in [1.82, 2.24) is 4.98 Å². The molecule has 0 bridgehead atoms. The van der Waals surface area contributed by atoms with Crippen LogP contribution in [0, 0.1) is 0 Å². The van der Waals surface area contributed by atoms with Gasteiger partial charge in [-0.05, 0) is 12.1 Å². The van der Waals surface area contributed by atoms with Crippen molar-refractivity contribution in [2.45, 2.75) is 6.42 Å². The van der Waals surface area contributed by atoms with Crippen LogP contribution in [0.1, 0.15) is 5.69 Å². The maximum atomic E-state index is 10.4. The fraction of sp³-hybridized carbons (Fsp3) is 0.222. The first-order chi connectivity index (χ1) is 5.86. The molecular weight excluding hydrogens is 152 g/mol. The van der Waals surface area contributed by atoms with Crippen LogP contribution in [-0.2, 0) is 11.2 Å². The van der Waals surface area contributed by atoms with Gasteiger partial charge in [0, 0.05) is 25.4 Å². The van der Waals surface area contributed by atoms with Crippen LogP contribution in [0.4, 0.5) is 0 Å². The molecule has 3 heteroatoms. The van der Waals surface area contributed by atoms with E-state index in [1.807, 2.05) is 18.2 Å². The first-order valence-electron chi connectivity index (χ1n) is 3.67. The van der Waals surface area contributed by atoms with Crippen LogP contribution in [0.15, 0.2) is 29.4 Å². The van der Waals surface area contributed by atoms with E-state index >= 15 is 0 Å². The Morgan fingerprint density at radius 3 is 3.00 bits per heavy atom. The molecule has 62 valence electrons. The first kappa shape index (κ1) is 8.59. The minimum Gasteiger partial charge on any atom is -0.297 e. The van der Waals surface area contributed by atoms with Gasteiger partial charge in [-0.2, -0.15) is 0 Å². The zero-order valence-corrected chi connectivity index (χ0v) is 6.90. The number of aromatic nitrogens is 1. The average Bonchev–Trinajstić information content (AvgIpc) is 2.16. The summed E-state index contributed by atoms with van der Waals surface area (Å²) in [4.78, 5) is 18.3. The molecule has 0 radical (unpaired) electrons. The highest BCUT2D eigenvalue weighted by Crippen LogP contribution is 1.95. The predicted molar refractivity (Wildman–Crippen MR) is 47.4 cm³/mol. The number of carbonyl (C=O) groups excluding carboxylic acids is 1. The topological polar surface area (TPSA) is 42.3 Å². The maximum Gasteiger partial charge on any atom is 0.164 e. The lowest BCUT2D eigenvalue weighted by atomic mass is 10.2. The number of aldehydes is 1. The molecule has 0 amide bonds. The van der Waals surface area contributed by atoms with Gasteiger partial charge >= 0.3 is 0 Å². The van der Waals surface area contributed by atoms with Crippen LogP contribution >= 0.6 is 0 Å². The van der Waals surface area contributed by atoms with Gasteiger partial charge in [0.2, 0.25) is 0 Å². The van der Waals surface area contributed by atoms with E-state index in [4.69, 9.17) is 0 Å². The summed E-state index contributed by atoms with van der Waals surface area (Å²) in [6.07, 6.45) is 2.98. The van der Waals surface area contributed by atoms with Crippen molar-refractivity contribution in [1.29, 1.82) is 0 Å². The van der Waals surface area contributed by atoms with E-state index in [-0.39, 0.29) is 0 Å². The maximum absolute atomic E-state index is 10.4. The Kier molecular flexibility index (Phi) is 3.14. The molecule has 0 saturated heterocycles. The lowest BCUT2D eigenvalue weighted by molar-refractivity contribution is -0.102. The molecule has 3 nitrogen and oxygen atoms in total. The Morgan fingerprint density at radius 2 is 2.50 bits per heavy atom. The Hall–Kier alpha value is -1.51. The molecule has 0 unspecified atom stereocenters. The van der Waals surface area contributed by atoms with Crippen molar-refractivity contribution in [2.75, 3.05) is 7.05 Å². The number of pyridine rings is 1. The highest BCUT2D eigenvalue weighted by molar-refractivity contribution is 6.28. The van der Waals surface area contributed by atoms with Crippen LogP contribution in [-0.4, -0.2) is 24.0 Å². The van der Waals surface area contributed by atoms with Crippen molar-refractivity contribution in [3.8, 4) is 0 Å². The van der Waals surface area contributed by atoms with E-state index in [2.05, 4.69) is 9.98 Å². The molecule has 0 fully saturated rings. The van der Waals surface area contributed by atoms with Crippen LogP contribution in [0.3, 0.4) is 0 Å². The number of hydrogen-bond acceptors (Lipinski definition) is 3. The summed E-state index contributed by atoms with van der Waals surface area (Å²) in [6, 6.07) is 5.60. The van der Waals surface area contributed by atoms with E-state index in [0.29, 0.717) is 12.1 Å². The van der Waals surface area contributed by atoms with Gasteiger partial charge in [-0.15, -0.1) is 0 Å². The molecule has 0 aliphatic heterocycles. The summed E-state index contributed by atoms with van der Waals surface area (Å²) >= 11 is 0. The molecular formula is C9H10N2O. The summed E-state index contributed by atoms with van der Waals surface area (Å²) in [5, 5.41) is 0. The van der Waals surface area contributed by atoms with Crippen molar-refractivity contribution in [2.24, 2.45) is 4.99 Å². The van der Waals surface area contributed by atoms with E-state index in [9.17, 15) is 4.79 Å². The summed E-state index contributed by atoms with van der Waals surface area (Å²) < 4.78 is 0. The van der Waals surface area contributed by atoms with Gasteiger partial charge < -0.3 is 0 Å². The van der Waals surface area contributed by atoms with Crippen LogP contribution < -0.4 is 0 Å². The number of nitrogens with zero attached hydrogens (tertiary/aromatic N) is 2. The summed E-state index contributed by atoms with van der Waals surface area (Å²) in [5.74, 6) is 0. The lowest BCUT2D eigenvalue weighted by Crippen LogP contribution is -2.05. The minimum atomic E-state index is 0.515. The molecule has 0 atom stereocenters. The molecule has 0 saturated carbocycles. The fourth-order valence-corrected chi connectivity index (χ4v) is 0.862. The van der Waals surface area contributed by atoms with E-state index < -0.39 is 0 Å². The highest BCUT2D eigenvalue weighted by Gasteiger charge is 1.98.